The number of carbonyl (C=O) groups is 2. The summed E-state index contributed by atoms with van der Waals surface area (Å²) < 4.78 is 10.0. The number of hydrogen-bond acceptors (Lipinski definition) is 4. The molecule has 1 unspecified atom stereocenters. The van der Waals surface area contributed by atoms with Gasteiger partial charge in [0.1, 0.15) is 0 Å². The molecule has 0 aromatic heterocycles. The molecule has 4 nitrogen and oxygen atoms in total. The lowest BCUT2D eigenvalue weighted by Crippen LogP contribution is -2.30. The van der Waals surface area contributed by atoms with E-state index in [4.69, 9.17) is 9.47 Å². The molecular weight excluding hydrogens is 232 g/mol. The van der Waals surface area contributed by atoms with Crippen molar-refractivity contribution in [1.82, 2.24) is 0 Å². The van der Waals surface area contributed by atoms with Crippen molar-refractivity contribution in [2.45, 2.75) is 52.4 Å². The van der Waals surface area contributed by atoms with E-state index >= 15 is 0 Å². The Bertz CT molecular complexity index is 269. The lowest BCUT2D eigenvalue weighted by atomic mass is 9.78. The van der Waals surface area contributed by atoms with Gasteiger partial charge in [-0.3, -0.25) is 9.59 Å². The molecule has 1 saturated carbocycles. The molecular formula is C14H24O4. The van der Waals surface area contributed by atoms with Gasteiger partial charge in [-0.05, 0) is 32.6 Å². The van der Waals surface area contributed by atoms with Crippen molar-refractivity contribution in [3.63, 3.8) is 0 Å². The van der Waals surface area contributed by atoms with Gasteiger partial charge in [0, 0.05) is 0 Å². The Morgan fingerprint density at radius 1 is 1.06 bits per heavy atom. The summed E-state index contributed by atoms with van der Waals surface area (Å²) in [7, 11) is 0. The fraction of sp³-hybridized carbons (Fsp3) is 0.857. The summed E-state index contributed by atoms with van der Waals surface area (Å²) in [6, 6.07) is 0. The fourth-order valence-electron chi connectivity index (χ4n) is 2.63. The lowest BCUT2D eigenvalue weighted by molar-refractivity contribution is -0.157. The fourth-order valence-corrected chi connectivity index (χ4v) is 2.63. The Morgan fingerprint density at radius 3 is 2.22 bits per heavy atom. The van der Waals surface area contributed by atoms with E-state index in [0.29, 0.717) is 13.2 Å². The summed E-state index contributed by atoms with van der Waals surface area (Å²) in [5, 5.41) is 0. The summed E-state index contributed by atoms with van der Waals surface area (Å²) in [5.41, 5.74) is 0. The van der Waals surface area contributed by atoms with Gasteiger partial charge in [-0.15, -0.1) is 0 Å². The van der Waals surface area contributed by atoms with Crippen molar-refractivity contribution in [2.75, 3.05) is 13.2 Å². The van der Waals surface area contributed by atoms with Crippen molar-refractivity contribution in [1.29, 1.82) is 0 Å². The van der Waals surface area contributed by atoms with E-state index in [0.717, 1.165) is 25.7 Å². The van der Waals surface area contributed by atoms with Crippen LogP contribution in [-0.4, -0.2) is 25.2 Å². The molecule has 0 radical (unpaired) electrons. The number of hydrogen-bond donors (Lipinski definition) is 0. The summed E-state index contributed by atoms with van der Waals surface area (Å²) in [4.78, 5) is 23.5. The van der Waals surface area contributed by atoms with E-state index in [-0.39, 0.29) is 30.2 Å². The van der Waals surface area contributed by atoms with Gasteiger partial charge in [0.25, 0.3) is 0 Å². The number of rotatable bonds is 6. The lowest BCUT2D eigenvalue weighted by Gasteiger charge is -2.28. The maximum Gasteiger partial charge on any atom is 0.309 e. The molecule has 0 amide bonds. The SMILES string of the molecule is CCOC(=O)CC(C(=O)OCC)C1CCCCC1. The first-order valence-electron chi connectivity index (χ1n) is 7.01. The summed E-state index contributed by atoms with van der Waals surface area (Å²) in [5.74, 6) is -0.565. The van der Waals surface area contributed by atoms with Crippen molar-refractivity contribution in [3.8, 4) is 0 Å². The van der Waals surface area contributed by atoms with Crippen LogP contribution in [0.2, 0.25) is 0 Å². The molecule has 0 aromatic rings. The second-order valence-corrected chi connectivity index (χ2v) is 4.77. The van der Waals surface area contributed by atoms with E-state index in [1.54, 1.807) is 13.8 Å². The van der Waals surface area contributed by atoms with Gasteiger partial charge in [0.15, 0.2) is 0 Å². The molecule has 0 bridgehead atoms. The van der Waals surface area contributed by atoms with Crippen molar-refractivity contribution in [3.05, 3.63) is 0 Å². The number of carbonyl (C=O) groups excluding carboxylic acids is 2. The van der Waals surface area contributed by atoms with Gasteiger partial charge in [-0.25, -0.2) is 0 Å². The van der Waals surface area contributed by atoms with E-state index in [1.165, 1.54) is 6.42 Å². The molecule has 1 aliphatic rings. The van der Waals surface area contributed by atoms with Gasteiger partial charge in [-0.2, -0.15) is 0 Å². The molecule has 0 aliphatic heterocycles. The van der Waals surface area contributed by atoms with Crippen LogP contribution in [0.1, 0.15) is 52.4 Å². The Morgan fingerprint density at radius 2 is 1.67 bits per heavy atom. The quantitative estimate of drug-likeness (QED) is 0.686. The maximum absolute atomic E-state index is 12.0. The highest BCUT2D eigenvalue weighted by Crippen LogP contribution is 2.32. The van der Waals surface area contributed by atoms with E-state index in [2.05, 4.69) is 0 Å². The van der Waals surface area contributed by atoms with Crippen LogP contribution < -0.4 is 0 Å². The third kappa shape index (κ3) is 4.67. The first-order chi connectivity index (χ1) is 8.69. The maximum atomic E-state index is 12.0. The molecule has 0 N–H and O–H groups in total. The van der Waals surface area contributed by atoms with Gasteiger partial charge < -0.3 is 9.47 Å². The average molecular weight is 256 g/mol. The van der Waals surface area contributed by atoms with Crippen LogP contribution in [0.4, 0.5) is 0 Å². The van der Waals surface area contributed by atoms with E-state index in [9.17, 15) is 9.59 Å². The van der Waals surface area contributed by atoms with Crippen LogP contribution in [0.3, 0.4) is 0 Å². The zero-order valence-corrected chi connectivity index (χ0v) is 11.4. The molecule has 1 aliphatic carbocycles. The highest BCUT2D eigenvalue weighted by molar-refractivity contribution is 5.80. The molecule has 0 aromatic carbocycles. The predicted molar refractivity (Wildman–Crippen MR) is 67.9 cm³/mol. The molecule has 104 valence electrons. The van der Waals surface area contributed by atoms with E-state index in [1.807, 2.05) is 0 Å². The average Bonchev–Trinajstić information content (AvgIpc) is 2.37. The minimum Gasteiger partial charge on any atom is -0.466 e. The number of esters is 2. The zero-order chi connectivity index (χ0) is 13.4. The largest absolute Gasteiger partial charge is 0.466 e. The molecule has 0 saturated heterocycles. The van der Waals surface area contributed by atoms with Crippen LogP contribution in [0.25, 0.3) is 0 Å². The molecule has 0 heterocycles. The predicted octanol–water partition coefficient (Wildman–Crippen LogP) is 2.70. The first kappa shape index (κ1) is 15.0. The van der Waals surface area contributed by atoms with Gasteiger partial charge in [0.05, 0.1) is 25.6 Å². The smallest absolute Gasteiger partial charge is 0.309 e. The Hall–Kier alpha value is -1.06. The van der Waals surface area contributed by atoms with Gasteiger partial charge in [0.2, 0.25) is 0 Å². The Balaban J connectivity index is 2.61. The third-order valence-electron chi connectivity index (χ3n) is 3.50. The highest BCUT2D eigenvalue weighted by Gasteiger charge is 2.32. The van der Waals surface area contributed by atoms with Crippen LogP contribution in [-0.2, 0) is 19.1 Å². The first-order valence-corrected chi connectivity index (χ1v) is 7.01. The molecule has 1 atom stereocenters. The Labute approximate surface area is 109 Å². The minimum absolute atomic E-state index is 0.164. The normalized spacial score (nSPS) is 18.1. The van der Waals surface area contributed by atoms with Crippen LogP contribution in [0, 0.1) is 11.8 Å². The third-order valence-corrected chi connectivity index (χ3v) is 3.50. The minimum atomic E-state index is -0.315. The second kappa shape index (κ2) is 8.11. The molecule has 1 rings (SSSR count). The van der Waals surface area contributed by atoms with Crippen LogP contribution in [0.15, 0.2) is 0 Å². The second-order valence-electron chi connectivity index (χ2n) is 4.77. The van der Waals surface area contributed by atoms with Crippen molar-refractivity contribution < 1.29 is 19.1 Å². The standard InChI is InChI=1S/C14H24O4/c1-3-17-13(15)10-12(14(16)18-4-2)11-8-6-5-7-9-11/h11-12H,3-10H2,1-2H3. The van der Waals surface area contributed by atoms with Crippen molar-refractivity contribution >= 4 is 11.9 Å². The van der Waals surface area contributed by atoms with Crippen LogP contribution >= 0.6 is 0 Å². The Kier molecular flexibility index (Phi) is 6.76. The zero-order valence-electron chi connectivity index (χ0n) is 11.4. The monoisotopic (exact) mass is 256 g/mol. The summed E-state index contributed by atoms with van der Waals surface area (Å²) >= 11 is 0. The topological polar surface area (TPSA) is 52.6 Å². The summed E-state index contributed by atoms with van der Waals surface area (Å²) in [6.07, 6.45) is 5.71. The van der Waals surface area contributed by atoms with Crippen molar-refractivity contribution in [2.24, 2.45) is 11.8 Å². The van der Waals surface area contributed by atoms with Crippen LogP contribution in [0.5, 0.6) is 0 Å². The van der Waals surface area contributed by atoms with Gasteiger partial charge in [-0.1, -0.05) is 19.3 Å². The molecule has 4 heteroatoms. The molecule has 1 fully saturated rings. The summed E-state index contributed by atoms with van der Waals surface area (Å²) in [6.45, 7) is 4.29. The molecule has 18 heavy (non-hydrogen) atoms. The molecule has 0 spiro atoms. The highest BCUT2D eigenvalue weighted by atomic mass is 16.5. The van der Waals surface area contributed by atoms with E-state index < -0.39 is 0 Å². The number of ether oxygens (including phenoxy) is 2. The van der Waals surface area contributed by atoms with Gasteiger partial charge >= 0.3 is 11.9 Å².